The number of aryl methyl sites for hydroxylation is 1. The number of aromatic nitrogens is 4. The predicted molar refractivity (Wildman–Crippen MR) is 146 cm³/mol. The number of rotatable bonds is 9. The molecule has 0 bridgehead atoms. The molecular formula is C27H28Cl2N6O2. The van der Waals surface area contributed by atoms with Gasteiger partial charge >= 0.3 is 0 Å². The van der Waals surface area contributed by atoms with E-state index in [1.54, 1.807) is 58.4 Å². The molecule has 4 aromatic rings. The fraction of sp³-hybridized carbons (Fsp3) is 0.259. The zero-order valence-corrected chi connectivity index (χ0v) is 22.3. The van der Waals surface area contributed by atoms with Crippen LogP contribution in [-0.4, -0.2) is 41.1 Å². The normalized spacial score (nSPS) is 14.4. The van der Waals surface area contributed by atoms with E-state index < -0.39 is 21.6 Å². The first-order valence-electron chi connectivity index (χ1n) is 11.7. The van der Waals surface area contributed by atoms with E-state index in [2.05, 4.69) is 10.2 Å². The second-order valence-electron chi connectivity index (χ2n) is 9.02. The van der Waals surface area contributed by atoms with Crippen molar-refractivity contribution in [3.63, 3.8) is 0 Å². The van der Waals surface area contributed by atoms with Gasteiger partial charge in [0.25, 0.3) is 11.8 Å². The number of carbonyl (C=O) groups is 2. The topological polar surface area (TPSA) is 76.3 Å². The molecule has 0 aliphatic carbocycles. The van der Waals surface area contributed by atoms with E-state index in [1.165, 1.54) is 23.6 Å². The Morgan fingerprint density at radius 3 is 1.70 bits per heavy atom. The molecule has 2 aromatic heterocycles. The number of alkyl halides is 2. The third-order valence-corrected chi connectivity index (χ3v) is 7.42. The molecule has 4 rings (SSSR count). The van der Waals surface area contributed by atoms with Gasteiger partial charge in [-0.15, -0.1) is 23.2 Å². The largest absolute Gasteiger partial charge is 0.291 e. The van der Waals surface area contributed by atoms with Crippen LogP contribution in [0.1, 0.15) is 19.4 Å². The van der Waals surface area contributed by atoms with Crippen LogP contribution in [0, 0.1) is 6.92 Å². The van der Waals surface area contributed by atoms with Crippen molar-refractivity contribution in [3.05, 3.63) is 97.1 Å². The van der Waals surface area contributed by atoms with Gasteiger partial charge in [-0.25, -0.2) is 0 Å². The Labute approximate surface area is 226 Å². The van der Waals surface area contributed by atoms with Crippen molar-refractivity contribution in [2.45, 2.75) is 43.9 Å². The van der Waals surface area contributed by atoms with Gasteiger partial charge in [-0.05, 0) is 62.7 Å². The van der Waals surface area contributed by atoms with Crippen LogP contribution in [0.15, 0.2) is 91.5 Å². The van der Waals surface area contributed by atoms with E-state index in [0.717, 1.165) is 5.56 Å². The number of hydrogen-bond acceptors (Lipinski definition) is 4. The number of para-hydroxylation sites is 1. The van der Waals surface area contributed by atoms with E-state index in [-0.39, 0.29) is 13.3 Å². The molecule has 0 radical (unpaired) electrons. The molecule has 192 valence electrons. The summed E-state index contributed by atoms with van der Waals surface area (Å²) in [6, 6.07) is 20.1. The van der Waals surface area contributed by atoms with E-state index in [0.29, 0.717) is 11.4 Å². The van der Waals surface area contributed by atoms with Crippen LogP contribution in [0.4, 0.5) is 11.4 Å². The fourth-order valence-corrected chi connectivity index (χ4v) is 4.26. The van der Waals surface area contributed by atoms with Crippen molar-refractivity contribution < 1.29 is 9.59 Å². The summed E-state index contributed by atoms with van der Waals surface area (Å²) < 4.78 is 3.20. The number of anilines is 2. The van der Waals surface area contributed by atoms with Gasteiger partial charge in [0.05, 0.1) is 0 Å². The molecule has 2 amide bonds. The van der Waals surface area contributed by atoms with Crippen LogP contribution in [0.2, 0.25) is 0 Å². The lowest BCUT2D eigenvalue weighted by Crippen LogP contribution is -2.61. The lowest BCUT2D eigenvalue weighted by Gasteiger charge is -2.40. The molecule has 0 saturated heterocycles. The zero-order valence-electron chi connectivity index (χ0n) is 20.8. The summed E-state index contributed by atoms with van der Waals surface area (Å²) in [5.74, 6) is -1.07. The Bertz CT molecular complexity index is 1340. The molecule has 37 heavy (non-hydrogen) atoms. The zero-order chi connectivity index (χ0) is 26.6. The van der Waals surface area contributed by atoms with Crippen molar-refractivity contribution in [2.75, 3.05) is 9.80 Å². The highest BCUT2D eigenvalue weighted by molar-refractivity contribution is 6.50. The molecule has 0 saturated carbocycles. The first-order valence-corrected chi connectivity index (χ1v) is 12.4. The minimum Gasteiger partial charge on any atom is -0.291 e. The lowest BCUT2D eigenvalue weighted by atomic mass is 9.90. The van der Waals surface area contributed by atoms with Gasteiger partial charge in [0.1, 0.15) is 23.1 Å². The SMILES string of the molecule is Cc1cccc(N(Cn2cccn2)C(=O)C(C)(Cl)C(C)(Cl)C(=O)N(Cn2cccn2)c2ccccc2)c1. The van der Waals surface area contributed by atoms with Crippen LogP contribution >= 0.6 is 23.2 Å². The molecule has 2 aromatic carbocycles. The molecule has 0 spiro atoms. The first-order chi connectivity index (χ1) is 17.6. The van der Waals surface area contributed by atoms with E-state index in [9.17, 15) is 9.59 Å². The third-order valence-electron chi connectivity index (χ3n) is 6.25. The summed E-state index contributed by atoms with van der Waals surface area (Å²) >= 11 is 14.0. The van der Waals surface area contributed by atoms with Crippen LogP contribution in [0.25, 0.3) is 0 Å². The number of hydrogen-bond donors (Lipinski definition) is 0. The Morgan fingerprint density at radius 2 is 1.24 bits per heavy atom. The number of nitrogens with zero attached hydrogens (tertiary/aromatic N) is 6. The van der Waals surface area contributed by atoms with Crippen molar-refractivity contribution in [1.82, 2.24) is 19.6 Å². The summed E-state index contributed by atoms with van der Waals surface area (Å²) in [5, 5.41) is 8.46. The summed E-state index contributed by atoms with van der Waals surface area (Å²) in [6.45, 7) is 5.07. The third kappa shape index (κ3) is 5.55. The molecule has 8 nitrogen and oxygen atoms in total. The minimum atomic E-state index is -1.83. The number of halogens is 2. The Kier molecular flexibility index (Phi) is 7.71. The number of carbonyl (C=O) groups excluding carboxylic acids is 2. The minimum absolute atomic E-state index is 0.0915. The van der Waals surface area contributed by atoms with E-state index in [4.69, 9.17) is 23.2 Å². The summed E-state index contributed by atoms with van der Waals surface area (Å²) in [6.07, 6.45) is 6.73. The Morgan fingerprint density at radius 1 is 0.757 bits per heavy atom. The van der Waals surface area contributed by atoms with Crippen molar-refractivity contribution >= 4 is 46.4 Å². The average molecular weight is 539 g/mol. The highest BCUT2D eigenvalue weighted by atomic mass is 35.5. The van der Waals surface area contributed by atoms with Gasteiger partial charge in [0.15, 0.2) is 0 Å². The van der Waals surface area contributed by atoms with E-state index >= 15 is 0 Å². The second kappa shape index (κ2) is 10.8. The number of benzene rings is 2. The molecule has 10 heteroatoms. The van der Waals surface area contributed by atoms with Crippen LogP contribution in [-0.2, 0) is 22.9 Å². The lowest BCUT2D eigenvalue weighted by molar-refractivity contribution is -0.128. The maximum Gasteiger partial charge on any atom is 0.251 e. The van der Waals surface area contributed by atoms with Gasteiger partial charge in [0, 0.05) is 36.2 Å². The molecule has 2 atom stereocenters. The van der Waals surface area contributed by atoms with Gasteiger partial charge in [-0.3, -0.25) is 28.8 Å². The molecule has 0 fully saturated rings. The number of amides is 2. The van der Waals surface area contributed by atoms with Crippen LogP contribution in [0.3, 0.4) is 0 Å². The molecule has 0 aliphatic heterocycles. The van der Waals surface area contributed by atoms with Crippen LogP contribution in [0.5, 0.6) is 0 Å². The first kappa shape index (κ1) is 26.4. The molecule has 2 heterocycles. The summed E-state index contributed by atoms with van der Waals surface area (Å²) in [7, 11) is 0. The smallest absolute Gasteiger partial charge is 0.251 e. The molecule has 0 aliphatic rings. The van der Waals surface area contributed by atoms with Crippen molar-refractivity contribution in [1.29, 1.82) is 0 Å². The second-order valence-corrected chi connectivity index (χ2v) is 10.5. The molecule has 2 unspecified atom stereocenters. The maximum absolute atomic E-state index is 14.1. The Balaban J connectivity index is 1.71. The quantitative estimate of drug-likeness (QED) is 0.279. The summed E-state index contributed by atoms with van der Waals surface area (Å²) in [4.78, 5) is 27.5. The van der Waals surface area contributed by atoms with Crippen LogP contribution < -0.4 is 9.80 Å². The van der Waals surface area contributed by atoms with Gasteiger partial charge < -0.3 is 0 Å². The molecule has 0 N–H and O–H groups in total. The summed E-state index contributed by atoms with van der Waals surface area (Å²) in [5.41, 5.74) is 2.18. The highest BCUT2D eigenvalue weighted by Gasteiger charge is 2.56. The van der Waals surface area contributed by atoms with Crippen molar-refractivity contribution in [3.8, 4) is 0 Å². The van der Waals surface area contributed by atoms with Crippen molar-refractivity contribution in [2.24, 2.45) is 0 Å². The highest BCUT2D eigenvalue weighted by Crippen LogP contribution is 2.40. The molecular weight excluding hydrogens is 511 g/mol. The van der Waals surface area contributed by atoms with E-state index in [1.807, 2.05) is 49.4 Å². The maximum atomic E-state index is 14.1. The average Bonchev–Trinajstić information content (AvgIpc) is 3.60. The fourth-order valence-electron chi connectivity index (χ4n) is 3.90. The van der Waals surface area contributed by atoms with Gasteiger partial charge in [-0.2, -0.15) is 10.2 Å². The van der Waals surface area contributed by atoms with Gasteiger partial charge in [0.2, 0.25) is 0 Å². The standard InChI is InChI=1S/C27H28Cl2N6O2/c1-21-10-7-13-23(18-21)35(20-33-17-9-15-31-33)25(37)27(3,29)26(2,28)24(36)34(19-32-16-8-14-30-32)22-11-5-4-6-12-22/h4-18H,19-20H2,1-3H3. The Hall–Kier alpha value is -3.62. The predicted octanol–water partition coefficient (Wildman–Crippen LogP) is 5.06. The van der Waals surface area contributed by atoms with Gasteiger partial charge in [-0.1, -0.05) is 30.3 Å². The monoisotopic (exact) mass is 538 g/mol.